The summed E-state index contributed by atoms with van der Waals surface area (Å²) in [5.74, 6) is 0.603. The van der Waals surface area contributed by atoms with Gasteiger partial charge >= 0.3 is 6.18 Å². The number of rotatable bonds is 11. The number of benzene rings is 2. The molecule has 2 fully saturated rings. The molecule has 1 saturated heterocycles. The third-order valence-corrected chi connectivity index (χ3v) is 10.5. The van der Waals surface area contributed by atoms with Crippen LogP contribution in [0.4, 0.5) is 13.2 Å². The van der Waals surface area contributed by atoms with E-state index in [1.54, 1.807) is 27.0 Å². The number of ether oxygens (including phenoxy) is 2. The number of sulfonamides is 1. The maximum Gasteiger partial charge on any atom is 0.416 e. The first-order valence-corrected chi connectivity index (χ1v) is 15.5. The minimum Gasteiger partial charge on any atom is -0.496 e. The lowest BCUT2D eigenvalue weighted by Gasteiger charge is -2.38. The van der Waals surface area contributed by atoms with E-state index in [9.17, 15) is 31.5 Å². The van der Waals surface area contributed by atoms with Crippen molar-refractivity contribution in [1.82, 2.24) is 9.21 Å². The number of alkyl halides is 3. The molecule has 1 N–H and O–H groups in total. The monoisotopic (exact) mass is 612 g/mol. The van der Waals surface area contributed by atoms with Crippen molar-refractivity contribution in [3.05, 3.63) is 58.1 Å². The SMILES string of the molecule is COc1cc(C)c(S(=O)(=O)N(CCOCC(=O)N2CCC(O)(c3cccc(C(F)(F)F)c3)CC2)CC2CC2)c(C)c1C. The molecule has 0 unspecified atom stereocenters. The van der Waals surface area contributed by atoms with Crippen LogP contribution < -0.4 is 4.74 Å². The summed E-state index contributed by atoms with van der Waals surface area (Å²) in [7, 11) is -2.28. The van der Waals surface area contributed by atoms with Crippen LogP contribution in [-0.2, 0) is 31.3 Å². The van der Waals surface area contributed by atoms with Gasteiger partial charge in [0.15, 0.2) is 0 Å². The van der Waals surface area contributed by atoms with Crippen molar-refractivity contribution < 1.29 is 41.0 Å². The maximum absolute atomic E-state index is 13.8. The smallest absolute Gasteiger partial charge is 0.416 e. The molecule has 4 rings (SSSR count). The Morgan fingerprint density at radius 2 is 1.79 bits per heavy atom. The predicted octanol–water partition coefficient (Wildman–Crippen LogP) is 4.57. The number of aliphatic hydroxyl groups is 1. The molecule has 0 radical (unpaired) electrons. The molecule has 1 aliphatic carbocycles. The molecule has 0 bridgehead atoms. The number of amides is 1. The fourth-order valence-corrected chi connectivity index (χ4v) is 7.46. The fourth-order valence-electron chi connectivity index (χ4n) is 5.47. The number of likely N-dealkylation sites (tertiary alicyclic amines) is 1. The van der Waals surface area contributed by atoms with E-state index in [1.165, 1.54) is 21.3 Å². The van der Waals surface area contributed by atoms with Gasteiger partial charge in [-0.05, 0) is 92.8 Å². The summed E-state index contributed by atoms with van der Waals surface area (Å²) >= 11 is 0. The molecule has 2 aromatic carbocycles. The van der Waals surface area contributed by atoms with Gasteiger partial charge in [0.1, 0.15) is 12.4 Å². The molecular formula is C30H39F3N2O6S. The van der Waals surface area contributed by atoms with Gasteiger partial charge in [0.05, 0.1) is 29.8 Å². The van der Waals surface area contributed by atoms with Crippen LogP contribution in [0.3, 0.4) is 0 Å². The molecule has 0 spiro atoms. The van der Waals surface area contributed by atoms with E-state index in [-0.39, 0.29) is 62.1 Å². The van der Waals surface area contributed by atoms with E-state index in [4.69, 9.17) is 9.47 Å². The van der Waals surface area contributed by atoms with E-state index < -0.39 is 27.4 Å². The number of piperidine rings is 1. The summed E-state index contributed by atoms with van der Waals surface area (Å²) in [6.07, 6.45) is -2.40. The minimum absolute atomic E-state index is 0.0208. The molecule has 1 aliphatic heterocycles. The van der Waals surface area contributed by atoms with Crippen LogP contribution in [0.5, 0.6) is 5.75 Å². The van der Waals surface area contributed by atoms with Gasteiger partial charge in [-0.1, -0.05) is 12.1 Å². The molecule has 8 nitrogen and oxygen atoms in total. The van der Waals surface area contributed by atoms with E-state index in [0.717, 1.165) is 30.5 Å². The summed E-state index contributed by atoms with van der Waals surface area (Å²) in [4.78, 5) is 14.6. The summed E-state index contributed by atoms with van der Waals surface area (Å²) in [5, 5.41) is 11.0. The van der Waals surface area contributed by atoms with Gasteiger partial charge in [0.2, 0.25) is 15.9 Å². The lowest BCUT2D eigenvalue weighted by molar-refractivity contribution is -0.140. The van der Waals surface area contributed by atoms with Crippen molar-refractivity contribution in [2.45, 2.75) is 63.1 Å². The highest BCUT2D eigenvalue weighted by atomic mass is 32.2. The first kappa shape index (κ1) is 32.2. The zero-order chi connectivity index (χ0) is 30.9. The Kier molecular flexibility index (Phi) is 9.61. The van der Waals surface area contributed by atoms with Crippen LogP contribution in [0.25, 0.3) is 0 Å². The van der Waals surface area contributed by atoms with Gasteiger partial charge in [-0.2, -0.15) is 17.5 Å². The van der Waals surface area contributed by atoms with Crippen molar-refractivity contribution in [2.75, 3.05) is 46.5 Å². The highest BCUT2D eigenvalue weighted by molar-refractivity contribution is 7.89. The third-order valence-electron chi connectivity index (χ3n) is 8.34. The van der Waals surface area contributed by atoms with Crippen molar-refractivity contribution in [1.29, 1.82) is 0 Å². The molecule has 0 aromatic heterocycles. The average Bonchev–Trinajstić information content (AvgIpc) is 3.76. The Morgan fingerprint density at radius 3 is 2.38 bits per heavy atom. The lowest BCUT2D eigenvalue weighted by atomic mass is 9.83. The second kappa shape index (κ2) is 12.5. The summed E-state index contributed by atoms with van der Waals surface area (Å²) in [6.45, 7) is 5.89. The average molecular weight is 613 g/mol. The van der Waals surface area contributed by atoms with Crippen LogP contribution in [0.2, 0.25) is 0 Å². The zero-order valence-corrected chi connectivity index (χ0v) is 25.3. The Balaban J connectivity index is 1.34. The highest BCUT2D eigenvalue weighted by Gasteiger charge is 2.38. The lowest BCUT2D eigenvalue weighted by Crippen LogP contribution is -2.46. The largest absolute Gasteiger partial charge is 0.496 e. The van der Waals surface area contributed by atoms with Gasteiger partial charge in [-0.25, -0.2) is 8.42 Å². The van der Waals surface area contributed by atoms with E-state index in [0.29, 0.717) is 29.3 Å². The molecule has 2 aromatic rings. The van der Waals surface area contributed by atoms with Crippen LogP contribution in [-0.4, -0.2) is 75.1 Å². The quantitative estimate of drug-likeness (QED) is 0.374. The summed E-state index contributed by atoms with van der Waals surface area (Å²) in [6, 6.07) is 6.38. The first-order valence-electron chi connectivity index (χ1n) is 14.1. The van der Waals surface area contributed by atoms with Crippen LogP contribution in [0, 0.1) is 26.7 Å². The number of hydrogen-bond donors (Lipinski definition) is 1. The standard InChI is InChI=1S/C30H39F3N2O6S/c1-20-16-26(40-4)21(2)22(3)28(20)42(38,39)35(18-23-8-9-23)14-15-41-19-27(36)34-12-10-29(37,11-13-34)24-6-5-7-25(17-24)30(31,32)33/h5-7,16-17,23,37H,8-15,18-19H2,1-4H3. The number of carbonyl (C=O) groups excluding carboxylic acids is 1. The minimum atomic E-state index is -4.51. The van der Waals surface area contributed by atoms with Crippen LogP contribution >= 0.6 is 0 Å². The van der Waals surface area contributed by atoms with Crippen molar-refractivity contribution >= 4 is 15.9 Å². The Morgan fingerprint density at radius 1 is 1.12 bits per heavy atom. The number of halogens is 3. The first-order chi connectivity index (χ1) is 19.7. The van der Waals surface area contributed by atoms with Gasteiger partial charge in [0, 0.05) is 26.2 Å². The van der Waals surface area contributed by atoms with Crippen molar-refractivity contribution in [2.24, 2.45) is 5.92 Å². The molecule has 12 heteroatoms. The molecular weight excluding hydrogens is 573 g/mol. The number of nitrogens with zero attached hydrogens (tertiary/aromatic N) is 2. The molecule has 42 heavy (non-hydrogen) atoms. The normalized spacial score (nSPS) is 17.5. The topological polar surface area (TPSA) is 96.4 Å². The second-order valence-electron chi connectivity index (χ2n) is 11.3. The molecule has 1 saturated carbocycles. The Bertz CT molecular complexity index is 1400. The molecule has 232 valence electrons. The number of carbonyl (C=O) groups is 1. The van der Waals surface area contributed by atoms with Gasteiger partial charge < -0.3 is 19.5 Å². The van der Waals surface area contributed by atoms with Crippen molar-refractivity contribution in [3.63, 3.8) is 0 Å². The molecule has 2 aliphatic rings. The van der Waals surface area contributed by atoms with Gasteiger partial charge in [-0.15, -0.1) is 0 Å². The zero-order valence-electron chi connectivity index (χ0n) is 24.5. The van der Waals surface area contributed by atoms with E-state index >= 15 is 0 Å². The second-order valence-corrected chi connectivity index (χ2v) is 13.2. The van der Waals surface area contributed by atoms with Crippen LogP contribution in [0.1, 0.15) is 53.5 Å². The van der Waals surface area contributed by atoms with Crippen molar-refractivity contribution in [3.8, 4) is 5.75 Å². The summed E-state index contributed by atoms with van der Waals surface area (Å²) < 4.78 is 79.4. The number of hydrogen-bond acceptors (Lipinski definition) is 6. The Hall–Kier alpha value is -2.67. The molecule has 0 atom stereocenters. The Labute approximate surface area is 245 Å². The molecule has 1 heterocycles. The number of aryl methyl sites for hydroxylation is 1. The summed E-state index contributed by atoms with van der Waals surface area (Å²) in [5.41, 5.74) is -0.120. The molecule has 1 amide bonds. The van der Waals surface area contributed by atoms with Crippen LogP contribution in [0.15, 0.2) is 35.2 Å². The maximum atomic E-state index is 13.8. The third kappa shape index (κ3) is 7.10. The van der Waals surface area contributed by atoms with Gasteiger partial charge in [-0.3, -0.25) is 4.79 Å². The van der Waals surface area contributed by atoms with Gasteiger partial charge in [0.25, 0.3) is 0 Å². The number of methoxy groups -OCH3 is 1. The van der Waals surface area contributed by atoms with E-state index in [2.05, 4.69) is 0 Å². The highest BCUT2D eigenvalue weighted by Crippen LogP contribution is 2.37. The van der Waals surface area contributed by atoms with E-state index in [1.807, 2.05) is 6.92 Å². The predicted molar refractivity (Wildman–Crippen MR) is 151 cm³/mol. The fraction of sp³-hybridized carbons (Fsp3) is 0.567.